The van der Waals surface area contributed by atoms with Crippen molar-refractivity contribution in [2.45, 2.75) is 13.0 Å². The Morgan fingerprint density at radius 3 is 2.62 bits per heavy atom. The van der Waals surface area contributed by atoms with Crippen molar-refractivity contribution >= 4 is 18.0 Å². The molecule has 1 aliphatic rings. The van der Waals surface area contributed by atoms with E-state index in [0.29, 0.717) is 22.8 Å². The Hall–Kier alpha value is -2.70. The van der Waals surface area contributed by atoms with Gasteiger partial charge in [0.25, 0.3) is 0 Å². The molecule has 1 unspecified atom stereocenters. The third-order valence-electron chi connectivity index (χ3n) is 2.75. The van der Waals surface area contributed by atoms with E-state index < -0.39 is 18.0 Å². The number of fused-ring (bicyclic) bond motifs is 1. The monoisotopic (exact) mass is 294 g/mol. The first-order valence-electron chi connectivity index (χ1n) is 6.10. The quantitative estimate of drug-likeness (QED) is 0.649. The second-order valence-electron chi connectivity index (χ2n) is 4.20. The zero-order chi connectivity index (χ0) is 15.4. The molecule has 0 amide bonds. The molecule has 1 N–H and O–H groups in total. The maximum atomic E-state index is 11.4. The highest BCUT2D eigenvalue weighted by atomic mass is 16.7. The molecule has 112 valence electrons. The fourth-order valence-corrected chi connectivity index (χ4v) is 1.74. The molecule has 21 heavy (non-hydrogen) atoms. The summed E-state index contributed by atoms with van der Waals surface area (Å²) in [6.07, 6.45) is 1.48. The van der Waals surface area contributed by atoms with E-state index in [4.69, 9.17) is 19.3 Å². The lowest BCUT2D eigenvalue weighted by molar-refractivity contribution is -0.148. The van der Waals surface area contributed by atoms with Gasteiger partial charge in [-0.15, -0.1) is 0 Å². The average Bonchev–Trinajstić information content (AvgIpc) is 2.90. The summed E-state index contributed by atoms with van der Waals surface area (Å²) < 4.78 is 20.5. The Morgan fingerprint density at radius 1 is 1.33 bits per heavy atom. The number of hydrogen-bond acceptors (Lipinski definition) is 6. The Bertz CT molecular complexity index is 591. The van der Waals surface area contributed by atoms with Crippen LogP contribution in [0.1, 0.15) is 12.5 Å². The lowest BCUT2D eigenvalue weighted by atomic mass is 10.1. The van der Waals surface area contributed by atoms with E-state index in [1.165, 1.54) is 20.1 Å². The third kappa shape index (κ3) is 3.44. The van der Waals surface area contributed by atoms with Crippen molar-refractivity contribution in [1.82, 2.24) is 0 Å². The number of carboxylic acid groups (broad SMARTS) is 1. The number of benzene rings is 1. The highest BCUT2D eigenvalue weighted by Crippen LogP contribution is 2.39. The maximum absolute atomic E-state index is 11.4. The minimum Gasteiger partial charge on any atom is -0.478 e. The predicted molar refractivity (Wildman–Crippen MR) is 71.3 cm³/mol. The normalized spacial score (nSPS) is 14.0. The molecule has 7 heteroatoms. The summed E-state index contributed by atoms with van der Waals surface area (Å²) in [7, 11) is 1.26. The first-order chi connectivity index (χ1) is 10.0. The highest BCUT2D eigenvalue weighted by molar-refractivity contribution is 5.86. The molecule has 0 aliphatic carbocycles. The second-order valence-corrected chi connectivity index (χ2v) is 4.20. The zero-order valence-corrected chi connectivity index (χ0v) is 11.5. The number of ether oxygens (including phenoxy) is 4. The fourth-order valence-electron chi connectivity index (χ4n) is 1.74. The summed E-state index contributed by atoms with van der Waals surface area (Å²) in [5.41, 5.74) is 0.456. The summed E-state index contributed by atoms with van der Waals surface area (Å²) in [6.45, 7) is 1.61. The Labute approximate surface area is 120 Å². The van der Waals surface area contributed by atoms with Gasteiger partial charge in [-0.25, -0.2) is 9.59 Å². The highest BCUT2D eigenvalue weighted by Gasteiger charge is 2.21. The SMILES string of the molecule is COC(=O)C(C)Oc1cc2c(cc1C=CC(=O)O)OCO2. The number of carbonyl (C=O) groups excluding carboxylic acids is 1. The molecule has 1 atom stereocenters. The van der Waals surface area contributed by atoms with E-state index in [-0.39, 0.29) is 6.79 Å². The molecular weight excluding hydrogens is 280 g/mol. The van der Waals surface area contributed by atoms with E-state index >= 15 is 0 Å². The predicted octanol–water partition coefficient (Wildman–Crippen LogP) is 1.45. The minimum atomic E-state index is -1.10. The zero-order valence-electron chi connectivity index (χ0n) is 11.5. The van der Waals surface area contributed by atoms with Crippen LogP contribution in [0.3, 0.4) is 0 Å². The van der Waals surface area contributed by atoms with Crippen LogP contribution in [0.4, 0.5) is 0 Å². The Kier molecular flexibility index (Phi) is 4.32. The molecule has 0 bridgehead atoms. The first-order valence-corrected chi connectivity index (χ1v) is 6.10. The van der Waals surface area contributed by atoms with E-state index in [1.54, 1.807) is 12.1 Å². The average molecular weight is 294 g/mol. The van der Waals surface area contributed by atoms with Gasteiger partial charge >= 0.3 is 11.9 Å². The molecule has 0 saturated carbocycles. The molecule has 1 aliphatic heterocycles. The fraction of sp³-hybridized carbons (Fsp3) is 0.286. The standard InChI is InChI=1S/C14H14O7/c1-8(14(17)18-2)21-10-6-12-11(19-7-20-12)5-9(10)3-4-13(15)16/h3-6,8H,7H2,1-2H3,(H,15,16). The summed E-state index contributed by atoms with van der Waals surface area (Å²) in [5.74, 6) is -0.386. The van der Waals surface area contributed by atoms with Crippen molar-refractivity contribution in [1.29, 1.82) is 0 Å². The van der Waals surface area contributed by atoms with E-state index in [9.17, 15) is 9.59 Å². The largest absolute Gasteiger partial charge is 0.478 e. The van der Waals surface area contributed by atoms with Crippen LogP contribution in [0.25, 0.3) is 6.08 Å². The summed E-state index contributed by atoms with van der Waals surface area (Å²) >= 11 is 0. The Morgan fingerprint density at radius 2 is 2.00 bits per heavy atom. The Balaban J connectivity index is 2.33. The van der Waals surface area contributed by atoms with Crippen molar-refractivity contribution < 1.29 is 33.6 Å². The van der Waals surface area contributed by atoms with Gasteiger partial charge in [-0.05, 0) is 19.1 Å². The van der Waals surface area contributed by atoms with Gasteiger partial charge in [0.05, 0.1) is 7.11 Å². The van der Waals surface area contributed by atoms with Crippen LogP contribution in [0.5, 0.6) is 17.2 Å². The molecule has 0 radical (unpaired) electrons. The van der Waals surface area contributed by atoms with Gasteiger partial charge in [0.1, 0.15) is 5.75 Å². The van der Waals surface area contributed by atoms with Crippen LogP contribution in [0, 0.1) is 0 Å². The van der Waals surface area contributed by atoms with Gasteiger partial charge in [-0.2, -0.15) is 0 Å². The summed E-state index contributed by atoms with van der Waals surface area (Å²) in [5, 5.41) is 8.71. The molecular formula is C14H14O7. The number of carbonyl (C=O) groups is 2. The van der Waals surface area contributed by atoms with Crippen molar-refractivity contribution in [3.63, 3.8) is 0 Å². The van der Waals surface area contributed by atoms with Crippen LogP contribution in [-0.4, -0.2) is 37.1 Å². The lowest BCUT2D eigenvalue weighted by Crippen LogP contribution is -2.25. The van der Waals surface area contributed by atoms with Crippen LogP contribution in [0.2, 0.25) is 0 Å². The van der Waals surface area contributed by atoms with Crippen LogP contribution in [0.15, 0.2) is 18.2 Å². The van der Waals surface area contributed by atoms with Crippen molar-refractivity contribution in [2.75, 3.05) is 13.9 Å². The van der Waals surface area contributed by atoms with Gasteiger partial charge in [0, 0.05) is 17.7 Å². The molecule has 7 nitrogen and oxygen atoms in total. The second kappa shape index (κ2) is 6.17. The molecule has 2 rings (SSSR count). The van der Waals surface area contributed by atoms with E-state index in [1.807, 2.05) is 0 Å². The van der Waals surface area contributed by atoms with Crippen LogP contribution in [-0.2, 0) is 14.3 Å². The molecule has 0 spiro atoms. The van der Waals surface area contributed by atoms with Gasteiger partial charge in [0.15, 0.2) is 17.6 Å². The number of esters is 1. The molecule has 1 aromatic carbocycles. The molecule has 0 fully saturated rings. The van der Waals surface area contributed by atoms with Gasteiger partial charge < -0.3 is 24.1 Å². The van der Waals surface area contributed by atoms with E-state index in [2.05, 4.69) is 4.74 Å². The summed E-state index contributed by atoms with van der Waals surface area (Å²) in [4.78, 5) is 22.0. The number of methoxy groups -OCH3 is 1. The maximum Gasteiger partial charge on any atom is 0.346 e. The van der Waals surface area contributed by atoms with Gasteiger partial charge in [-0.1, -0.05) is 0 Å². The smallest absolute Gasteiger partial charge is 0.346 e. The van der Waals surface area contributed by atoms with Crippen molar-refractivity contribution in [3.8, 4) is 17.2 Å². The van der Waals surface area contributed by atoms with Crippen molar-refractivity contribution in [3.05, 3.63) is 23.8 Å². The number of hydrogen-bond donors (Lipinski definition) is 1. The lowest BCUT2D eigenvalue weighted by Gasteiger charge is -2.15. The van der Waals surface area contributed by atoms with Gasteiger partial charge in [0.2, 0.25) is 6.79 Å². The topological polar surface area (TPSA) is 91.3 Å². The van der Waals surface area contributed by atoms with Gasteiger partial charge in [-0.3, -0.25) is 0 Å². The molecule has 1 heterocycles. The molecule has 0 aromatic heterocycles. The van der Waals surface area contributed by atoms with Crippen molar-refractivity contribution in [2.24, 2.45) is 0 Å². The molecule has 0 saturated heterocycles. The number of carboxylic acids is 1. The minimum absolute atomic E-state index is 0.0768. The van der Waals surface area contributed by atoms with Crippen LogP contribution >= 0.6 is 0 Å². The number of rotatable bonds is 5. The molecule has 1 aromatic rings. The van der Waals surface area contributed by atoms with Crippen LogP contribution < -0.4 is 14.2 Å². The number of aliphatic carboxylic acids is 1. The summed E-state index contributed by atoms with van der Waals surface area (Å²) in [6, 6.07) is 3.13. The first kappa shape index (κ1) is 14.7. The van der Waals surface area contributed by atoms with E-state index in [0.717, 1.165) is 6.08 Å². The third-order valence-corrected chi connectivity index (χ3v) is 2.75.